The van der Waals surface area contributed by atoms with Crippen molar-refractivity contribution in [2.45, 2.75) is 33.1 Å². The highest BCUT2D eigenvalue weighted by atomic mass is 79.9. The van der Waals surface area contributed by atoms with Crippen molar-refractivity contribution in [3.63, 3.8) is 0 Å². The number of ether oxygens (including phenoxy) is 3. The molecular formula is C31H31BrN2O6. The van der Waals surface area contributed by atoms with Gasteiger partial charge in [-0.25, -0.2) is 9.69 Å². The zero-order valence-electron chi connectivity index (χ0n) is 22.6. The highest BCUT2D eigenvalue weighted by Crippen LogP contribution is 2.31. The van der Waals surface area contributed by atoms with Crippen LogP contribution in [0.4, 0.5) is 10.5 Å². The maximum Gasteiger partial charge on any atom is 0.335 e. The van der Waals surface area contributed by atoms with E-state index in [1.807, 2.05) is 25.1 Å². The van der Waals surface area contributed by atoms with E-state index in [0.717, 1.165) is 21.5 Å². The lowest BCUT2D eigenvalue weighted by molar-refractivity contribution is -0.122. The predicted molar refractivity (Wildman–Crippen MR) is 157 cm³/mol. The monoisotopic (exact) mass is 606 g/mol. The van der Waals surface area contributed by atoms with Crippen molar-refractivity contribution < 1.29 is 28.6 Å². The number of imide groups is 2. The first kappa shape index (κ1) is 28.9. The Morgan fingerprint density at radius 2 is 1.57 bits per heavy atom. The summed E-state index contributed by atoms with van der Waals surface area (Å²) in [5, 5.41) is 2.23. The van der Waals surface area contributed by atoms with Gasteiger partial charge in [0.2, 0.25) is 0 Å². The van der Waals surface area contributed by atoms with E-state index in [1.165, 1.54) is 11.6 Å². The summed E-state index contributed by atoms with van der Waals surface area (Å²) in [6.45, 7) is 7.20. The Kier molecular flexibility index (Phi) is 9.60. The van der Waals surface area contributed by atoms with Crippen LogP contribution < -0.4 is 24.4 Å². The number of amides is 4. The predicted octanol–water partition coefficient (Wildman–Crippen LogP) is 6.49. The van der Waals surface area contributed by atoms with Gasteiger partial charge >= 0.3 is 6.03 Å². The van der Waals surface area contributed by atoms with Crippen LogP contribution in [0.1, 0.15) is 44.2 Å². The third kappa shape index (κ3) is 6.71. The number of barbiturate groups is 1. The van der Waals surface area contributed by atoms with E-state index in [0.29, 0.717) is 48.5 Å². The van der Waals surface area contributed by atoms with Crippen LogP contribution in [0.5, 0.6) is 17.2 Å². The topological polar surface area (TPSA) is 94.2 Å². The zero-order valence-corrected chi connectivity index (χ0v) is 24.2. The van der Waals surface area contributed by atoms with Gasteiger partial charge in [-0.15, -0.1) is 0 Å². The Labute approximate surface area is 242 Å². The van der Waals surface area contributed by atoms with Crippen molar-refractivity contribution in [3.8, 4) is 17.2 Å². The molecule has 1 heterocycles. The lowest BCUT2D eigenvalue weighted by atomic mass is 9.98. The van der Waals surface area contributed by atoms with Gasteiger partial charge in [0.15, 0.2) is 11.5 Å². The highest BCUT2D eigenvalue weighted by molar-refractivity contribution is 9.10. The van der Waals surface area contributed by atoms with Gasteiger partial charge in [0.1, 0.15) is 24.5 Å². The third-order valence-electron chi connectivity index (χ3n) is 6.43. The van der Waals surface area contributed by atoms with Crippen molar-refractivity contribution in [2.24, 2.45) is 0 Å². The molecule has 208 valence electrons. The molecule has 0 saturated carbocycles. The summed E-state index contributed by atoms with van der Waals surface area (Å²) in [4.78, 5) is 39.1. The molecule has 0 aliphatic carbocycles. The number of halogens is 1. The van der Waals surface area contributed by atoms with Crippen LogP contribution in [0.15, 0.2) is 76.8 Å². The van der Waals surface area contributed by atoms with Gasteiger partial charge < -0.3 is 14.2 Å². The molecule has 1 N–H and O–H groups in total. The van der Waals surface area contributed by atoms with Crippen molar-refractivity contribution in [1.82, 2.24) is 5.32 Å². The number of carbonyl (C=O) groups is 3. The SMILES string of the molecule is CCOc1cc(/C=C2\C(=O)NC(=O)N(c3ccc(Br)cc3)C2=O)ccc1OCCOc1ccccc1[C@@H](C)CC. The van der Waals surface area contributed by atoms with Crippen molar-refractivity contribution in [2.75, 3.05) is 24.7 Å². The van der Waals surface area contributed by atoms with Gasteiger partial charge in [-0.05, 0) is 78.9 Å². The molecule has 9 heteroatoms. The molecule has 3 aromatic carbocycles. The molecule has 0 bridgehead atoms. The van der Waals surface area contributed by atoms with E-state index < -0.39 is 17.8 Å². The molecule has 0 unspecified atom stereocenters. The fourth-order valence-electron chi connectivity index (χ4n) is 4.19. The van der Waals surface area contributed by atoms with Gasteiger partial charge in [-0.3, -0.25) is 14.9 Å². The molecule has 0 spiro atoms. The van der Waals surface area contributed by atoms with Crippen LogP contribution >= 0.6 is 15.9 Å². The Morgan fingerprint density at radius 3 is 2.27 bits per heavy atom. The van der Waals surface area contributed by atoms with Crippen LogP contribution in [-0.4, -0.2) is 37.7 Å². The lowest BCUT2D eigenvalue weighted by Gasteiger charge is -2.26. The second kappa shape index (κ2) is 13.3. The highest BCUT2D eigenvalue weighted by Gasteiger charge is 2.36. The molecule has 1 fully saturated rings. The van der Waals surface area contributed by atoms with Crippen molar-refractivity contribution in [3.05, 3.63) is 87.9 Å². The summed E-state index contributed by atoms with van der Waals surface area (Å²) in [6.07, 6.45) is 2.44. The fraction of sp³-hybridized carbons (Fsp3) is 0.258. The molecule has 1 saturated heterocycles. The van der Waals surface area contributed by atoms with E-state index in [1.54, 1.807) is 42.5 Å². The van der Waals surface area contributed by atoms with E-state index in [2.05, 4.69) is 41.2 Å². The second-order valence-corrected chi connectivity index (χ2v) is 10.0. The number of hydrogen-bond acceptors (Lipinski definition) is 6. The van der Waals surface area contributed by atoms with Gasteiger partial charge in [-0.2, -0.15) is 0 Å². The molecule has 8 nitrogen and oxygen atoms in total. The van der Waals surface area contributed by atoms with Gasteiger partial charge in [0.05, 0.1) is 12.3 Å². The first-order valence-electron chi connectivity index (χ1n) is 13.1. The van der Waals surface area contributed by atoms with E-state index in [4.69, 9.17) is 14.2 Å². The summed E-state index contributed by atoms with van der Waals surface area (Å²) < 4.78 is 18.5. The quantitative estimate of drug-likeness (QED) is 0.152. The molecule has 4 amide bonds. The van der Waals surface area contributed by atoms with Crippen LogP contribution in [0.2, 0.25) is 0 Å². The summed E-state index contributed by atoms with van der Waals surface area (Å²) in [7, 11) is 0. The van der Waals surface area contributed by atoms with Gasteiger partial charge in [0.25, 0.3) is 11.8 Å². The Hall–Kier alpha value is -4.11. The smallest absolute Gasteiger partial charge is 0.335 e. The third-order valence-corrected chi connectivity index (χ3v) is 6.95. The maximum absolute atomic E-state index is 13.2. The average molecular weight is 608 g/mol. The number of carbonyl (C=O) groups excluding carboxylic acids is 3. The first-order valence-corrected chi connectivity index (χ1v) is 13.9. The van der Waals surface area contributed by atoms with E-state index in [-0.39, 0.29) is 5.57 Å². The standard InChI is InChI=1S/C31H31BrN2O6/c1-4-20(3)24-8-6-7-9-26(24)39-16-17-40-27-15-10-21(19-28(27)38-5-2)18-25-29(35)33-31(37)34(30(25)36)23-13-11-22(32)12-14-23/h6-15,18-20H,4-5,16-17H2,1-3H3,(H,33,35,37)/b25-18+/t20-/m0/s1. The molecule has 1 atom stereocenters. The Bertz CT molecular complexity index is 1420. The van der Waals surface area contributed by atoms with Gasteiger partial charge in [-0.1, -0.05) is 54.0 Å². The minimum Gasteiger partial charge on any atom is -0.490 e. The molecule has 40 heavy (non-hydrogen) atoms. The first-order chi connectivity index (χ1) is 19.3. The minimum absolute atomic E-state index is 0.174. The minimum atomic E-state index is -0.804. The van der Waals surface area contributed by atoms with Crippen LogP contribution in [-0.2, 0) is 9.59 Å². The number of rotatable bonds is 11. The number of nitrogens with one attached hydrogen (secondary N) is 1. The van der Waals surface area contributed by atoms with Crippen molar-refractivity contribution >= 4 is 45.5 Å². The van der Waals surface area contributed by atoms with E-state index in [9.17, 15) is 14.4 Å². The molecule has 0 radical (unpaired) electrons. The zero-order chi connectivity index (χ0) is 28.6. The molecule has 0 aromatic heterocycles. The van der Waals surface area contributed by atoms with Crippen LogP contribution in [0.3, 0.4) is 0 Å². The normalized spacial score (nSPS) is 15.2. The molecule has 3 aromatic rings. The summed E-state index contributed by atoms with van der Waals surface area (Å²) in [5.41, 5.74) is 1.88. The Balaban J connectivity index is 1.48. The molecular weight excluding hydrogens is 576 g/mol. The van der Waals surface area contributed by atoms with Crippen LogP contribution in [0, 0.1) is 0 Å². The summed E-state index contributed by atoms with van der Waals surface area (Å²) in [6, 6.07) is 19.0. The largest absolute Gasteiger partial charge is 0.490 e. The number of anilines is 1. The number of urea groups is 1. The lowest BCUT2D eigenvalue weighted by Crippen LogP contribution is -2.54. The number of hydrogen-bond donors (Lipinski definition) is 1. The molecule has 1 aliphatic rings. The fourth-order valence-corrected chi connectivity index (χ4v) is 4.46. The number of benzene rings is 3. The maximum atomic E-state index is 13.2. The Morgan fingerprint density at radius 1 is 0.875 bits per heavy atom. The molecule has 4 rings (SSSR count). The number of para-hydroxylation sites is 1. The second-order valence-electron chi connectivity index (χ2n) is 9.12. The van der Waals surface area contributed by atoms with Crippen LogP contribution in [0.25, 0.3) is 6.08 Å². The average Bonchev–Trinajstić information content (AvgIpc) is 2.95. The molecule has 1 aliphatic heterocycles. The number of nitrogens with zero attached hydrogens (tertiary/aromatic N) is 1. The van der Waals surface area contributed by atoms with E-state index >= 15 is 0 Å². The summed E-state index contributed by atoms with van der Waals surface area (Å²) >= 11 is 3.33. The summed E-state index contributed by atoms with van der Waals surface area (Å²) in [5.74, 6) is 0.719. The van der Waals surface area contributed by atoms with Crippen molar-refractivity contribution in [1.29, 1.82) is 0 Å². The van der Waals surface area contributed by atoms with Gasteiger partial charge in [0, 0.05) is 4.47 Å².